The van der Waals surface area contributed by atoms with Crippen LogP contribution in [0.2, 0.25) is 0 Å². The molecule has 1 aliphatic heterocycles. The number of amidine groups is 1. The number of benzene rings is 3. The molecule has 0 radical (unpaired) electrons. The molecule has 1 aromatic heterocycles. The number of nitrogens with zero attached hydrogens (tertiary/aromatic N) is 2. The number of amides is 1. The molecule has 168 valence electrons. The summed E-state index contributed by atoms with van der Waals surface area (Å²) in [5, 5.41) is 11.8. The van der Waals surface area contributed by atoms with Crippen LogP contribution in [-0.2, 0) is 4.79 Å². The molecule has 1 atom stereocenters. The Kier molecular flexibility index (Phi) is 6.05. The van der Waals surface area contributed by atoms with Crippen molar-refractivity contribution in [3.63, 3.8) is 0 Å². The van der Waals surface area contributed by atoms with E-state index in [1.807, 2.05) is 54.6 Å². The molecule has 8 heteroatoms. The number of aromatic nitrogens is 1. The molecule has 0 aliphatic carbocycles. The maximum absolute atomic E-state index is 13.1. The van der Waals surface area contributed by atoms with Crippen LogP contribution < -0.4 is 5.32 Å². The Bertz CT molecular complexity index is 1430. The van der Waals surface area contributed by atoms with Crippen molar-refractivity contribution < 1.29 is 14.0 Å². The van der Waals surface area contributed by atoms with E-state index in [-0.39, 0.29) is 18.1 Å². The van der Waals surface area contributed by atoms with Gasteiger partial charge in [0.1, 0.15) is 5.82 Å². The number of hydrogen-bond acceptors (Lipinski definition) is 5. The average molecular weight is 471 g/mol. The highest BCUT2D eigenvalue weighted by atomic mass is 32.2. The second kappa shape index (κ2) is 9.44. The van der Waals surface area contributed by atoms with Gasteiger partial charge in [0.25, 0.3) is 0 Å². The molecule has 6 nitrogen and oxygen atoms in total. The molecule has 1 amide bonds. The van der Waals surface area contributed by atoms with E-state index in [1.165, 1.54) is 24.3 Å². The summed E-state index contributed by atoms with van der Waals surface area (Å²) < 4.78 is 13.1. The summed E-state index contributed by atoms with van der Waals surface area (Å²) in [5.74, 6) is -0.947. The number of ketones is 1. The summed E-state index contributed by atoms with van der Waals surface area (Å²) in [6.45, 7) is 0. The molecule has 2 N–H and O–H groups in total. The number of Topliss-reactive ketones (excluding diaryl/α,β-unsaturated/α-hetero) is 1. The molecule has 0 spiro atoms. The molecule has 0 saturated carbocycles. The first-order valence-corrected chi connectivity index (χ1v) is 11.5. The third-order valence-corrected chi connectivity index (χ3v) is 6.53. The zero-order chi connectivity index (χ0) is 23.5. The zero-order valence-corrected chi connectivity index (χ0v) is 18.7. The standard InChI is InChI=1S/C26H19FN4O2S/c27-18-12-10-16(11-13-18)22(32)14-23-25(33)30-26(34-23)31-28-15-20-19-8-4-5-9-21(19)29-24(20)17-6-2-1-3-7-17/h1-13,15,23,29H,14H2,(H,30,31,33)/b28-15-/t23-/m0/s1. The number of thioether (sulfide) groups is 1. The van der Waals surface area contributed by atoms with E-state index in [0.29, 0.717) is 10.7 Å². The van der Waals surface area contributed by atoms with Gasteiger partial charge in [0.2, 0.25) is 5.91 Å². The Balaban J connectivity index is 1.34. The van der Waals surface area contributed by atoms with Crippen molar-refractivity contribution in [2.45, 2.75) is 11.7 Å². The molecular formula is C26H19FN4O2S. The van der Waals surface area contributed by atoms with E-state index in [0.717, 1.165) is 39.5 Å². The fraction of sp³-hybridized carbons (Fsp3) is 0.0769. The van der Waals surface area contributed by atoms with Crippen LogP contribution in [-0.4, -0.2) is 33.3 Å². The lowest BCUT2D eigenvalue weighted by molar-refractivity contribution is -0.118. The van der Waals surface area contributed by atoms with Gasteiger partial charge in [0, 0.05) is 28.5 Å². The van der Waals surface area contributed by atoms with Crippen LogP contribution in [0.3, 0.4) is 0 Å². The highest BCUT2D eigenvalue weighted by molar-refractivity contribution is 8.15. The number of hydrogen-bond donors (Lipinski definition) is 2. The molecule has 34 heavy (non-hydrogen) atoms. The summed E-state index contributed by atoms with van der Waals surface area (Å²) in [6, 6.07) is 23.2. The number of nitrogens with one attached hydrogen (secondary N) is 2. The quantitative estimate of drug-likeness (QED) is 0.232. The number of H-pyrrole nitrogens is 1. The Morgan fingerprint density at radius 3 is 2.53 bits per heavy atom. The summed E-state index contributed by atoms with van der Waals surface area (Å²) in [5.41, 5.74) is 4.19. The molecule has 3 aromatic carbocycles. The van der Waals surface area contributed by atoms with Crippen molar-refractivity contribution in [1.82, 2.24) is 10.3 Å². The second-order valence-electron chi connectivity index (χ2n) is 7.70. The third kappa shape index (κ3) is 4.53. The number of fused-ring (bicyclic) bond motifs is 1. The van der Waals surface area contributed by atoms with Gasteiger partial charge in [-0.25, -0.2) is 4.39 Å². The number of para-hydroxylation sites is 1. The van der Waals surface area contributed by atoms with Crippen molar-refractivity contribution in [2.75, 3.05) is 0 Å². The Morgan fingerprint density at radius 1 is 1.00 bits per heavy atom. The first-order valence-electron chi connectivity index (χ1n) is 10.6. The Morgan fingerprint density at radius 2 is 1.74 bits per heavy atom. The van der Waals surface area contributed by atoms with Gasteiger partial charge in [-0.2, -0.15) is 5.10 Å². The molecule has 1 fully saturated rings. The van der Waals surface area contributed by atoms with Crippen LogP contribution in [0.25, 0.3) is 22.2 Å². The smallest absolute Gasteiger partial charge is 0.240 e. The van der Waals surface area contributed by atoms with Crippen LogP contribution in [0, 0.1) is 5.82 Å². The maximum atomic E-state index is 13.1. The normalized spacial score (nSPS) is 17.0. The highest BCUT2D eigenvalue weighted by Crippen LogP contribution is 2.29. The number of carbonyl (C=O) groups excluding carboxylic acids is 2. The third-order valence-electron chi connectivity index (χ3n) is 5.46. The lowest BCUT2D eigenvalue weighted by Crippen LogP contribution is -2.26. The number of carbonyl (C=O) groups is 2. The van der Waals surface area contributed by atoms with E-state index in [4.69, 9.17) is 0 Å². The van der Waals surface area contributed by atoms with E-state index < -0.39 is 11.1 Å². The summed E-state index contributed by atoms with van der Waals surface area (Å²) in [6.07, 6.45) is 1.66. The van der Waals surface area contributed by atoms with Gasteiger partial charge < -0.3 is 10.3 Å². The number of halogens is 1. The van der Waals surface area contributed by atoms with Gasteiger partial charge in [-0.3, -0.25) is 9.59 Å². The van der Waals surface area contributed by atoms with E-state index in [9.17, 15) is 14.0 Å². The van der Waals surface area contributed by atoms with Crippen LogP contribution >= 0.6 is 11.8 Å². The predicted octanol–water partition coefficient (Wildman–Crippen LogP) is 5.17. The summed E-state index contributed by atoms with van der Waals surface area (Å²) >= 11 is 1.16. The first kappa shape index (κ1) is 21.8. The fourth-order valence-corrected chi connectivity index (χ4v) is 4.70. The number of aromatic amines is 1. The minimum atomic E-state index is -0.612. The molecule has 4 aromatic rings. The minimum absolute atomic E-state index is 0.00846. The zero-order valence-electron chi connectivity index (χ0n) is 17.9. The Hall–Kier alpha value is -4.04. The van der Waals surface area contributed by atoms with Crippen LogP contribution in [0.1, 0.15) is 22.3 Å². The van der Waals surface area contributed by atoms with Gasteiger partial charge in [-0.15, -0.1) is 5.10 Å². The maximum Gasteiger partial charge on any atom is 0.240 e. The fourth-order valence-electron chi connectivity index (χ4n) is 3.78. The summed E-state index contributed by atoms with van der Waals surface area (Å²) in [4.78, 5) is 28.2. The summed E-state index contributed by atoms with van der Waals surface area (Å²) in [7, 11) is 0. The van der Waals surface area contributed by atoms with E-state index in [1.54, 1.807) is 6.21 Å². The Labute approximate surface area is 199 Å². The van der Waals surface area contributed by atoms with Gasteiger partial charge in [0.05, 0.1) is 17.2 Å². The van der Waals surface area contributed by atoms with Crippen LogP contribution in [0.5, 0.6) is 0 Å². The molecule has 5 rings (SSSR count). The van der Waals surface area contributed by atoms with Crippen molar-refractivity contribution in [1.29, 1.82) is 0 Å². The lowest BCUT2D eigenvalue weighted by atomic mass is 10.1. The van der Waals surface area contributed by atoms with Crippen LogP contribution in [0.4, 0.5) is 4.39 Å². The van der Waals surface area contributed by atoms with Gasteiger partial charge in [0.15, 0.2) is 11.0 Å². The van der Waals surface area contributed by atoms with Crippen molar-refractivity contribution in [3.05, 3.63) is 95.8 Å². The minimum Gasteiger partial charge on any atom is -0.354 e. The van der Waals surface area contributed by atoms with Crippen molar-refractivity contribution in [2.24, 2.45) is 10.2 Å². The van der Waals surface area contributed by atoms with E-state index >= 15 is 0 Å². The van der Waals surface area contributed by atoms with Gasteiger partial charge in [-0.05, 0) is 35.9 Å². The SMILES string of the molecule is O=C(C[C@@H]1S/C(=N\N=C/c2c(-c3ccccc3)[nH]c3ccccc23)NC1=O)c1ccc(F)cc1. The van der Waals surface area contributed by atoms with Crippen molar-refractivity contribution >= 4 is 45.7 Å². The molecule has 1 saturated heterocycles. The predicted molar refractivity (Wildman–Crippen MR) is 134 cm³/mol. The molecule has 0 unspecified atom stereocenters. The molecular weight excluding hydrogens is 451 g/mol. The highest BCUT2D eigenvalue weighted by Gasteiger charge is 2.32. The largest absolute Gasteiger partial charge is 0.354 e. The van der Waals surface area contributed by atoms with Crippen molar-refractivity contribution in [3.8, 4) is 11.3 Å². The lowest BCUT2D eigenvalue weighted by Gasteiger charge is -2.04. The topological polar surface area (TPSA) is 86.7 Å². The first-order chi connectivity index (χ1) is 16.6. The monoisotopic (exact) mass is 470 g/mol. The molecule has 0 bridgehead atoms. The average Bonchev–Trinajstić information content (AvgIpc) is 3.40. The molecule has 1 aliphatic rings. The van der Waals surface area contributed by atoms with E-state index in [2.05, 4.69) is 20.5 Å². The molecule has 2 heterocycles. The van der Waals surface area contributed by atoms with Gasteiger partial charge >= 0.3 is 0 Å². The number of rotatable bonds is 6. The van der Waals surface area contributed by atoms with Crippen LogP contribution in [0.15, 0.2) is 89.1 Å². The van der Waals surface area contributed by atoms with Gasteiger partial charge in [-0.1, -0.05) is 60.3 Å². The second-order valence-corrected chi connectivity index (χ2v) is 8.90.